The van der Waals surface area contributed by atoms with Crippen LogP contribution in [0.5, 0.6) is 0 Å². The van der Waals surface area contributed by atoms with Crippen LogP contribution in [0.2, 0.25) is 0 Å². The standard InChI is InChI=1S/C6H14OS/c1-4-6(3,8)7-5-2/h8H,4-5H2,1-3H3. The van der Waals surface area contributed by atoms with Crippen LogP contribution in [0.4, 0.5) is 0 Å². The second-order valence-corrected chi connectivity index (χ2v) is 2.91. The molecule has 0 aromatic heterocycles. The predicted molar refractivity (Wildman–Crippen MR) is 39.3 cm³/mol. The van der Waals surface area contributed by atoms with Gasteiger partial charge in [-0.15, -0.1) is 12.6 Å². The van der Waals surface area contributed by atoms with E-state index >= 15 is 0 Å². The summed E-state index contributed by atoms with van der Waals surface area (Å²) < 4.78 is 5.24. The summed E-state index contributed by atoms with van der Waals surface area (Å²) in [6.45, 7) is 6.75. The van der Waals surface area contributed by atoms with Gasteiger partial charge in [0.1, 0.15) is 4.93 Å². The molecule has 0 spiro atoms. The van der Waals surface area contributed by atoms with Gasteiger partial charge in [0.25, 0.3) is 0 Å². The van der Waals surface area contributed by atoms with Crippen molar-refractivity contribution in [3.63, 3.8) is 0 Å². The van der Waals surface area contributed by atoms with E-state index in [4.69, 9.17) is 4.74 Å². The van der Waals surface area contributed by atoms with Gasteiger partial charge in [-0.2, -0.15) is 0 Å². The van der Waals surface area contributed by atoms with Gasteiger partial charge in [0.05, 0.1) is 0 Å². The molecule has 0 saturated carbocycles. The van der Waals surface area contributed by atoms with Gasteiger partial charge in [-0.3, -0.25) is 0 Å². The summed E-state index contributed by atoms with van der Waals surface area (Å²) in [6.07, 6.45) is 0.948. The molecule has 1 unspecified atom stereocenters. The lowest BCUT2D eigenvalue weighted by Gasteiger charge is -2.20. The van der Waals surface area contributed by atoms with Crippen LogP contribution in [-0.2, 0) is 4.74 Å². The molecule has 50 valence electrons. The van der Waals surface area contributed by atoms with Gasteiger partial charge in [0.2, 0.25) is 0 Å². The van der Waals surface area contributed by atoms with Crippen molar-refractivity contribution in [2.75, 3.05) is 6.61 Å². The van der Waals surface area contributed by atoms with E-state index in [1.807, 2.05) is 13.8 Å². The van der Waals surface area contributed by atoms with Crippen LogP contribution in [0.25, 0.3) is 0 Å². The molecule has 0 radical (unpaired) electrons. The van der Waals surface area contributed by atoms with Gasteiger partial charge in [-0.1, -0.05) is 6.92 Å². The molecule has 0 bridgehead atoms. The quantitative estimate of drug-likeness (QED) is 0.459. The minimum absolute atomic E-state index is 0.214. The Kier molecular flexibility index (Phi) is 3.49. The average Bonchev–Trinajstić information content (AvgIpc) is 1.67. The zero-order valence-corrected chi connectivity index (χ0v) is 6.66. The Balaban J connectivity index is 3.37. The molecule has 1 nitrogen and oxygen atoms in total. The number of ether oxygens (including phenoxy) is 1. The Labute approximate surface area is 56.8 Å². The van der Waals surface area contributed by atoms with Crippen molar-refractivity contribution in [2.24, 2.45) is 0 Å². The van der Waals surface area contributed by atoms with E-state index in [0.29, 0.717) is 0 Å². The minimum Gasteiger partial charge on any atom is -0.365 e. The molecular weight excluding hydrogens is 120 g/mol. The summed E-state index contributed by atoms with van der Waals surface area (Å²) in [5, 5.41) is 0. The van der Waals surface area contributed by atoms with Crippen molar-refractivity contribution in [2.45, 2.75) is 32.1 Å². The molecule has 0 aliphatic rings. The molecule has 0 N–H and O–H groups in total. The van der Waals surface area contributed by atoms with Gasteiger partial charge >= 0.3 is 0 Å². The molecule has 1 atom stereocenters. The van der Waals surface area contributed by atoms with E-state index < -0.39 is 0 Å². The van der Waals surface area contributed by atoms with E-state index in [9.17, 15) is 0 Å². The first-order valence-electron chi connectivity index (χ1n) is 2.98. The Morgan fingerprint density at radius 2 is 2.00 bits per heavy atom. The van der Waals surface area contributed by atoms with Crippen molar-refractivity contribution in [3.8, 4) is 0 Å². The van der Waals surface area contributed by atoms with E-state index in [0.717, 1.165) is 13.0 Å². The molecule has 2 heteroatoms. The summed E-state index contributed by atoms with van der Waals surface area (Å²) in [4.78, 5) is -0.214. The minimum atomic E-state index is -0.214. The molecule has 0 amide bonds. The fourth-order valence-electron chi connectivity index (χ4n) is 0.413. The third-order valence-corrected chi connectivity index (χ3v) is 1.56. The van der Waals surface area contributed by atoms with E-state index in [-0.39, 0.29) is 4.93 Å². The number of hydrogen-bond donors (Lipinski definition) is 1. The van der Waals surface area contributed by atoms with Crippen molar-refractivity contribution in [1.29, 1.82) is 0 Å². The van der Waals surface area contributed by atoms with Gasteiger partial charge in [-0.05, 0) is 20.3 Å². The third kappa shape index (κ3) is 3.33. The first-order chi connectivity index (χ1) is 3.62. The van der Waals surface area contributed by atoms with Gasteiger partial charge in [0.15, 0.2) is 0 Å². The molecule has 0 fully saturated rings. The first kappa shape index (κ1) is 8.31. The smallest absolute Gasteiger partial charge is 0.107 e. The average molecular weight is 134 g/mol. The van der Waals surface area contributed by atoms with E-state index in [2.05, 4.69) is 19.6 Å². The zero-order chi connectivity index (χ0) is 6.62. The van der Waals surface area contributed by atoms with Crippen molar-refractivity contribution in [1.82, 2.24) is 0 Å². The highest BCUT2D eigenvalue weighted by molar-refractivity contribution is 7.81. The van der Waals surface area contributed by atoms with Crippen molar-refractivity contribution < 1.29 is 4.74 Å². The SMILES string of the molecule is CCOC(C)(S)CC. The van der Waals surface area contributed by atoms with Gasteiger partial charge in [0, 0.05) is 6.61 Å². The second kappa shape index (κ2) is 3.36. The van der Waals surface area contributed by atoms with Crippen LogP contribution >= 0.6 is 12.6 Å². The topological polar surface area (TPSA) is 9.23 Å². The maximum absolute atomic E-state index is 5.24. The molecule has 0 rings (SSSR count). The molecule has 0 aliphatic heterocycles. The molecular formula is C6H14OS. The van der Waals surface area contributed by atoms with Gasteiger partial charge in [-0.25, -0.2) is 0 Å². The highest BCUT2D eigenvalue weighted by Crippen LogP contribution is 2.18. The van der Waals surface area contributed by atoms with Crippen LogP contribution in [0.1, 0.15) is 27.2 Å². The molecule has 0 aromatic rings. The number of rotatable bonds is 3. The largest absolute Gasteiger partial charge is 0.365 e. The Bertz CT molecular complexity index is 61.5. The Morgan fingerprint density at radius 1 is 1.50 bits per heavy atom. The molecule has 8 heavy (non-hydrogen) atoms. The van der Waals surface area contributed by atoms with Crippen LogP contribution in [0, 0.1) is 0 Å². The van der Waals surface area contributed by atoms with Crippen LogP contribution in [0.15, 0.2) is 0 Å². The second-order valence-electron chi connectivity index (χ2n) is 1.96. The first-order valence-corrected chi connectivity index (χ1v) is 3.43. The fourth-order valence-corrected chi connectivity index (χ4v) is 0.542. The van der Waals surface area contributed by atoms with Crippen molar-refractivity contribution >= 4 is 12.6 Å². The molecule has 0 heterocycles. The van der Waals surface area contributed by atoms with E-state index in [1.165, 1.54) is 0 Å². The lowest BCUT2D eigenvalue weighted by molar-refractivity contribution is 0.0475. The summed E-state index contributed by atoms with van der Waals surface area (Å²) in [6, 6.07) is 0. The fraction of sp³-hybridized carbons (Fsp3) is 1.00. The number of hydrogen-bond acceptors (Lipinski definition) is 2. The maximum Gasteiger partial charge on any atom is 0.107 e. The van der Waals surface area contributed by atoms with Gasteiger partial charge < -0.3 is 4.74 Å². The van der Waals surface area contributed by atoms with E-state index in [1.54, 1.807) is 0 Å². The van der Waals surface area contributed by atoms with Crippen LogP contribution < -0.4 is 0 Å². The third-order valence-electron chi connectivity index (χ3n) is 1.11. The highest BCUT2D eigenvalue weighted by Gasteiger charge is 2.13. The molecule has 0 aliphatic carbocycles. The van der Waals surface area contributed by atoms with Crippen molar-refractivity contribution in [3.05, 3.63) is 0 Å². The maximum atomic E-state index is 5.24. The monoisotopic (exact) mass is 134 g/mol. The molecule has 0 aromatic carbocycles. The van der Waals surface area contributed by atoms with Crippen LogP contribution in [-0.4, -0.2) is 11.5 Å². The zero-order valence-electron chi connectivity index (χ0n) is 5.77. The Hall–Kier alpha value is 0.310. The Morgan fingerprint density at radius 3 is 2.12 bits per heavy atom. The molecule has 0 saturated heterocycles. The van der Waals surface area contributed by atoms with Crippen LogP contribution in [0.3, 0.4) is 0 Å². The lowest BCUT2D eigenvalue weighted by atomic mass is 10.3. The summed E-state index contributed by atoms with van der Waals surface area (Å²) >= 11 is 4.24. The predicted octanol–water partition coefficient (Wildman–Crippen LogP) is 2.08. The summed E-state index contributed by atoms with van der Waals surface area (Å²) in [5.74, 6) is 0. The number of thiol groups is 1. The summed E-state index contributed by atoms with van der Waals surface area (Å²) in [5.41, 5.74) is 0. The summed E-state index contributed by atoms with van der Waals surface area (Å²) in [7, 11) is 0. The highest BCUT2D eigenvalue weighted by atomic mass is 32.1. The normalized spacial score (nSPS) is 18.0. The lowest BCUT2D eigenvalue weighted by Crippen LogP contribution is -2.19.